The topological polar surface area (TPSA) is 48.9 Å². The average molecular weight is 492 g/mol. The molecule has 1 aliphatic rings. The van der Waals surface area contributed by atoms with E-state index in [1.807, 2.05) is 6.92 Å². The first-order valence-corrected chi connectivity index (χ1v) is 9.69. The van der Waals surface area contributed by atoms with Crippen LogP contribution in [0.15, 0.2) is 29.3 Å². The van der Waals surface area contributed by atoms with Crippen LogP contribution in [0, 0.1) is 11.7 Å². The first kappa shape index (κ1) is 23.9. The van der Waals surface area contributed by atoms with Crippen LogP contribution in [0.3, 0.4) is 0 Å². The number of halogens is 2. The third kappa shape index (κ3) is 9.60. The van der Waals surface area contributed by atoms with Gasteiger partial charge in [-0.1, -0.05) is 6.07 Å². The van der Waals surface area contributed by atoms with Gasteiger partial charge in [-0.25, -0.2) is 9.38 Å². The fourth-order valence-corrected chi connectivity index (χ4v) is 3.12. The van der Waals surface area contributed by atoms with Crippen molar-refractivity contribution in [2.75, 3.05) is 39.8 Å². The molecular formula is C20H34FIN4O. The van der Waals surface area contributed by atoms with E-state index >= 15 is 0 Å². The average Bonchev–Trinajstić information content (AvgIpc) is 2.61. The molecule has 1 saturated heterocycles. The van der Waals surface area contributed by atoms with Crippen molar-refractivity contribution >= 4 is 29.9 Å². The van der Waals surface area contributed by atoms with Crippen molar-refractivity contribution in [1.29, 1.82) is 0 Å². The van der Waals surface area contributed by atoms with Crippen molar-refractivity contribution < 1.29 is 9.13 Å². The third-order valence-electron chi connectivity index (χ3n) is 4.67. The van der Waals surface area contributed by atoms with Gasteiger partial charge in [0.1, 0.15) is 17.7 Å². The van der Waals surface area contributed by atoms with Gasteiger partial charge in [-0.15, -0.1) is 24.0 Å². The summed E-state index contributed by atoms with van der Waals surface area (Å²) in [5.41, 5.74) is 0. The normalized spacial score (nSPS) is 17.1. The minimum atomic E-state index is -0.290. The Labute approximate surface area is 180 Å². The molecule has 5 nitrogen and oxygen atoms in total. The van der Waals surface area contributed by atoms with Gasteiger partial charge < -0.3 is 20.3 Å². The summed E-state index contributed by atoms with van der Waals surface area (Å²) in [5, 5.41) is 6.69. The molecule has 1 aromatic rings. The molecule has 1 fully saturated rings. The van der Waals surface area contributed by atoms with Crippen LogP contribution in [0.4, 0.5) is 4.39 Å². The third-order valence-corrected chi connectivity index (χ3v) is 4.67. The summed E-state index contributed by atoms with van der Waals surface area (Å²) in [6, 6.07) is 6.21. The second-order valence-electron chi connectivity index (χ2n) is 7.07. The van der Waals surface area contributed by atoms with Crippen molar-refractivity contribution in [3.63, 3.8) is 0 Å². The van der Waals surface area contributed by atoms with Crippen molar-refractivity contribution in [2.24, 2.45) is 10.9 Å². The highest BCUT2D eigenvalue weighted by Gasteiger charge is 2.16. The summed E-state index contributed by atoms with van der Waals surface area (Å²) in [6.45, 7) is 8.66. The number of hydrogen-bond donors (Lipinski definition) is 2. The summed E-state index contributed by atoms with van der Waals surface area (Å²) in [4.78, 5) is 6.99. The molecule has 0 aliphatic carbocycles. The second kappa shape index (κ2) is 13.1. The van der Waals surface area contributed by atoms with Crippen LogP contribution in [0.25, 0.3) is 0 Å². The SMILES string of the molecule is CCNC(=NCC(C)Oc1cccc(F)c1)NCCC1CCN(C)CC1.I. The van der Waals surface area contributed by atoms with Gasteiger partial charge in [-0.05, 0) is 71.3 Å². The zero-order valence-electron chi connectivity index (χ0n) is 16.7. The molecule has 1 heterocycles. The fraction of sp³-hybridized carbons (Fsp3) is 0.650. The molecule has 0 radical (unpaired) electrons. The highest BCUT2D eigenvalue weighted by Crippen LogP contribution is 2.18. The number of nitrogens with one attached hydrogen (secondary N) is 2. The molecule has 7 heteroatoms. The first-order chi connectivity index (χ1) is 12.6. The fourth-order valence-electron chi connectivity index (χ4n) is 3.12. The minimum Gasteiger partial charge on any atom is -0.489 e. The van der Waals surface area contributed by atoms with E-state index in [9.17, 15) is 4.39 Å². The lowest BCUT2D eigenvalue weighted by Gasteiger charge is -2.29. The first-order valence-electron chi connectivity index (χ1n) is 9.69. The Balaban J connectivity index is 0.00000364. The van der Waals surface area contributed by atoms with Gasteiger partial charge in [0.2, 0.25) is 0 Å². The maximum atomic E-state index is 13.2. The largest absolute Gasteiger partial charge is 0.489 e. The Morgan fingerprint density at radius 1 is 1.33 bits per heavy atom. The number of guanidine groups is 1. The van der Waals surface area contributed by atoms with Crippen LogP contribution in [0.2, 0.25) is 0 Å². The van der Waals surface area contributed by atoms with Crippen LogP contribution >= 0.6 is 24.0 Å². The molecule has 1 atom stereocenters. The van der Waals surface area contributed by atoms with Crippen molar-refractivity contribution in [1.82, 2.24) is 15.5 Å². The highest BCUT2D eigenvalue weighted by atomic mass is 127. The second-order valence-corrected chi connectivity index (χ2v) is 7.07. The highest BCUT2D eigenvalue weighted by molar-refractivity contribution is 14.0. The predicted molar refractivity (Wildman–Crippen MR) is 121 cm³/mol. The van der Waals surface area contributed by atoms with E-state index in [0.29, 0.717) is 12.3 Å². The van der Waals surface area contributed by atoms with Gasteiger partial charge in [-0.2, -0.15) is 0 Å². The molecule has 0 bridgehead atoms. The lowest BCUT2D eigenvalue weighted by Crippen LogP contribution is -2.39. The molecular weight excluding hydrogens is 458 g/mol. The van der Waals surface area contributed by atoms with Gasteiger partial charge in [0.05, 0.1) is 6.54 Å². The number of rotatable bonds is 8. The zero-order valence-corrected chi connectivity index (χ0v) is 19.0. The number of benzene rings is 1. The van der Waals surface area contributed by atoms with E-state index < -0.39 is 0 Å². The van der Waals surface area contributed by atoms with Crippen LogP contribution in [-0.2, 0) is 0 Å². The molecule has 1 unspecified atom stereocenters. The number of piperidine rings is 1. The van der Waals surface area contributed by atoms with Crippen LogP contribution in [0.5, 0.6) is 5.75 Å². The van der Waals surface area contributed by atoms with Crippen molar-refractivity contribution in [2.45, 2.75) is 39.2 Å². The monoisotopic (exact) mass is 492 g/mol. The van der Waals surface area contributed by atoms with E-state index in [1.165, 1.54) is 44.5 Å². The number of nitrogens with zero attached hydrogens (tertiary/aromatic N) is 2. The van der Waals surface area contributed by atoms with Gasteiger partial charge in [0, 0.05) is 19.2 Å². The molecule has 27 heavy (non-hydrogen) atoms. The lowest BCUT2D eigenvalue weighted by molar-refractivity contribution is 0.213. The van der Waals surface area contributed by atoms with Crippen molar-refractivity contribution in [3.8, 4) is 5.75 Å². The molecule has 2 N–H and O–H groups in total. The maximum absolute atomic E-state index is 13.2. The Morgan fingerprint density at radius 3 is 2.74 bits per heavy atom. The molecule has 1 aromatic carbocycles. The Hall–Kier alpha value is -1.09. The molecule has 0 spiro atoms. The summed E-state index contributed by atoms with van der Waals surface area (Å²) in [5.74, 6) is 1.86. The molecule has 0 amide bonds. The Kier molecular flexibility index (Phi) is 11.7. The Morgan fingerprint density at radius 2 is 2.07 bits per heavy atom. The summed E-state index contributed by atoms with van der Waals surface area (Å²) < 4.78 is 18.9. The summed E-state index contributed by atoms with van der Waals surface area (Å²) in [7, 11) is 2.19. The molecule has 154 valence electrons. The van der Waals surface area contributed by atoms with E-state index in [-0.39, 0.29) is 35.9 Å². The minimum absolute atomic E-state index is 0. The van der Waals surface area contributed by atoms with Crippen molar-refractivity contribution in [3.05, 3.63) is 30.1 Å². The smallest absolute Gasteiger partial charge is 0.191 e. The maximum Gasteiger partial charge on any atom is 0.191 e. The van der Waals surface area contributed by atoms with E-state index in [1.54, 1.807) is 12.1 Å². The molecule has 1 aliphatic heterocycles. The van der Waals surface area contributed by atoms with Gasteiger partial charge in [0.25, 0.3) is 0 Å². The predicted octanol–water partition coefficient (Wildman–Crippen LogP) is 3.50. The number of ether oxygens (including phenoxy) is 1. The number of likely N-dealkylation sites (tertiary alicyclic amines) is 1. The van der Waals surface area contributed by atoms with Gasteiger partial charge in [-0.3, -0.25) is 0 Å². The number of hydrogen-bond acceptors (Lipinski definition) is 3. The summed E-state index contributed by atoms with van der Waals surface area (Å²) in [6.07, 6.45) is 3.61. The summed E-state index contributed by atoms with van der Waals surface area (Å²) >= 11 is 0. The van der Waals surface area contributed by atoms with Crippen LogP contribution in [0.1, 0.15) is 33.1 Å². The van der Waals surface area contributed by atoms with E-state index in [0.717, 1.165) is 25.0 Å². The van der Waals surface area contributed by atoms with E-state index in [2.05, 4.69) is 34.5 Å². The standard InChI is InChI=1S/C20H33FN4O.HI/c1-4-22-20(23-11-8-17-9-12-25(3)13-10-17)24-15-16(2)26-19-7-5-6-18(21)14-19;/h5-7,14,16-17H,4,8-13,15H2,1-3H3,(H2,22,23,24);1H. The quantitative estimate of drug-likeness (QED) is 0.332. The Bertz CT molecular complexity index is 565. The zero-order chi connectivity index (χ0) is 18.8. The molecule has 0 aromatic heterocycles. The molecule has 2 rings (SSSR count). The number of aliphatic imine (C=N–C) groups is 1. The lowest BCUT2D eigenvalue weighted by atomic mass is 9.94. The van der Waals surface area contributed by atoms with Gasteiger partial charge >= 0.3 is 0 Å². The molecule has 0 saturated carbocycles. The van der Waals surface area contributed by atoms with Crippen LogP contribution in [-0.4, -0.2) is 56.7 Å². The van der Waals surface area contributed by atoms with E-state index in [4.69, 9.17) is 4.74 Å². The van der Waals surface area contributed by atoms with Gasteiger partial charge in [0.15, 0.2) is 5.96 Å². The van der Waals surface area contributed by atoms with Crippen LogP contribution < -0.4 is 15.4 Å².